The number of quaternary nitrogens is 1. The van der Waals surface area contributed by atoms with Gasteiger partial charge >= 0.3 is 10.8 Å². The van der Waals surface area contributed by atoms with Crippen LogP contribution < -0.4 is 14.9 Å². The molecule has 0 aliphatic carbocycles. The second kappa shape index (κ2) is 10.3. The number of hydrogen-bond donors (Lipinski definition) is 1. The minimum absolute atomic E-state index is 0.115. The van der Waals surface area contributed by atoms with Crippen molar-refractivity contribution in [1.29, 1.82) is 0 Å². The first-order valence-corrected chi connectivity index (χ1v) is 12.5. The highest BCUT2D eigenvalue weighted by Gasteiger charge is 2.48. The van der Waals surface area contributed by atoms with Gasteiger partial charge in [-0.2, -0.15) is 4.99 Å². The first-order valence-electron chi connectivity index (χ1n) is 11.7. The normalized spacial score (nSPS) is 25.5. The largest absolute Gasteiger partial charge is 0.497 e. The lowest BCUT2D eigenvalue weighted by atomic mass is 10.1. The molecule has 1 saturated heterocycles. The van der Waals surface area contributed by atoms with Crippen molar-refractivity contribution in [2.45, 2.75) is 52.0 Å². The second-order valence-electron chi connectivity index (χ2n) is 9.77. The zero-order valence-electron chi connectivity index (χ0n) is 21.4. The molecule has 0 radical (unpaired) electrons. The van der Waals surface area contributed by atoms with Crippen LogP contribution in [0.1, 0.15) is 33.3 Å². The fourth-order valence-electron chi connectivity index (χ4n) is 4.21. The third-order valence-corrected chi connectivity index (χ3v) is 6.84. The van der Waals surface area contributed by atoms with Gasteiger partial charge in [0.2, 0.25) is 5.70 Å². The van der Waals surface area contributed by atoms with Crippen molar-refractivity contribution in [2.75, 3.05) is 27.4 Å². The lowest BCUT2D eigenvalue weighted by Crippen LogP contribution is -2.55. The molecule has 0 spiro atoms. The summed E-state index contributed by atoms with van der Waals surface area (Å²) in [5.74, 6) is 1.43. The molecule has 194 valence electrons. The van der Waals surface area contributed by atoms with E-state index in [9.17, 15) is 4.79 Å². The number of carbonyl (C=O) groups excluding carboxylic acids is 1. The van der Waals surface area contributed by atoms with Crippen LogP contribution in [-0.2, 0) is 16.0 Å². The fraction of sp³-hybridized carbons (Fsp3) is 0.480. The van der Waals surface area contributed by atoms with E-state index in [0.717, 1.165) is 17.0 Å². The topological polar surface area (TPSA) is 94.0 Å². The van der Waals surface area contributed by atoms with Gasteiger partial charge in [-0.05, 0) is 33.8 Å². The molecule has 1 aromatic carbocycles. The van der Waals surface area contributed by atoms with E-state index in [-0.39, 0.29) is 16.7 Å². The number of rotatable bonds is 6. The minimum Gasteiger partial charge on any atom is -0.497 e. The summed E-state index contributed by atoms with van der Waals surface area (Å²) in [5, 5.41) is 0. The highest BCUT2D eigenvalue weighted by molar-refractivity contribution is 9.18. The van der Waals surface area contributed by atoms with E-state index in [4.69, 9.17) is 23.9 Å². The van der Waals surface area contributed by atoms with Crippen LogP contribution in [-0.4, -0.2) is 71.7 Å². The molecular formula is C25H33BrN5O5+. The number of hydrogen-bond acceptors (Lipinski definition) is 8. The number of morpholine rings is 1. The number of amides is 1. The SMILES string of the molecule is COc1ccc(CN[N+]23C=CN=CC2=C(C2CN(C(=O)OC(C)(C)C)C(C)CO2)N=C3Br)c(OC)c1. The Labute approximate surface area is 219 Å². The van der Waals surface area contributed by atoms with Crippen LogP contribution in [0.5, 0.6) is 11.5 Å². The van der Waals surface area contributed by atoms with Gasteiger partial charge in [0.05, 0.1) is 52.4 Å². The molecule has 0 bridgehead atoms. The maximum absolute atomic E-state index is 12.9. The van der Waals surface area contributed by atoms with E-state index in [1.54, 1.807) is 31.5 Å². The first kappa shape index (κ1) is 26.3. The number of nitrogens with one attached hydrogen (secondary N) is 1. The van der Waals surface area contributed by atoms with Gasteiger partial charge in [0.25, 0.3) is 0 Å². The number of carbonyl (C=O) groups is 1. The van der Waals surface area contributed by atoms with Crippen molar-refractivity contribution in [2.24, 2.45) is 9.98 Å². The number of allylic oxidation sites excluding steroid dienone is 1. The van der Waals surface area contributed by atoms with Crippen molar-refractivity contribution in [3.05, 3.63) is 47.6 Å². The Morgan fingerprint density at radius 1 is 1.31 bits per heavy atom. The molecule has 1 aromatic rings. The number of benzene rings is 1. The molecule has 36 heavy (non-hydrogen) atoms. The third-order valence-electron chi connectivity index (χ3n) is 6.10. The van der Waals surface area contributed by atoms with E-state index in [0.29, 0.717) is 35.9 Å². The Balaban J connectivity index is 1.60. The van der Waals surface area contributed by atoms with E-state index in [2.05, 4.69) is 26.3 Å². The number of ether oxygens (including phenoxy) is 4. The van der Waals surface area contributed by atoms with Gasteiger partial charge in [0.1, 0.15) is 35.1 Å². The Kier molecular flexibility index (Phi) is 7.56. The predicted molar refractivity (Wildman–Crippen MR) is 140 cm³/mol. The van der Waals surface area contributed by atoms with Gasteiger partial charge in [-0.3, -0.25) is 4.99 Å². The standard InChI is InChI=1S/C25H33BrN5O5/c1-16-15-35-21(14-30(16)24(32)36-25(2,3)4)22-19-13-27-9-10-31(19,23(26)29-22)28-12-17-7-8-18(33-5)11-20(17)34-6/h7-11,13,16,21,28H,12,14-15H2,1-6H3/q+1. The summed E-state index contributed by atoms with van der Waals surface area (Å²) < 4.78 is 23.4. The van der Waals surface area contributed by atoms with Gasteiger partial charge in [0.15, 0.2) is 0 Å². The van der Waals surface area contributed by atoms with Crippen LogP contribution in [0.3, 0.4) is 0 Å². The summed E-state index contributed by atoms with van der Waals surface area (Å²) in [7, 11) is 3.25. The summed E-state index contributed by atoms with van der Waals surface area (Å²) >= 11 is 3.67. The van der Waals surface area contributed by atoms with Crippen molar-refractivity contribution in [1.82, 2.24) is 10.3 Å². The summed E-state index contributed by atoms with van der Waals surface area (Å²) in [6, 6.07) is 5.59. The Bertz CT molecular complexity index is 1140. The minimum atomic E-state index is -0.583. The van der Waals surface area contributed by atoms with Crippen molar-refractivity contribution < 1.29 is 28.3 Å². The van der Waals surface area contributed by atoms with Gasteiger partial charge in [-0.15, -0.1) is 10.0 Å². The van der Waals surface area contributed by atoms with Crippen LogP contribution in [0.15, 0.2) is 52.0 Å². The van der Waals surface area contributed by atoms with Gasteiger partial charge in [-0.25, -0.2) is 4.79 Å². The highest BCUT2D eigenvalue weighted by Crippen LogP contribution is 2.36. The lowest BCUT2D eigenvalue weighted by Gasteiger charge is -2.38. The highest BCUT2D eigenvalue weighted by atomic mass is 79.9. The molecule has 10 nitrogen and oxygen atoms in total. The lowest BCUT2D eigenvalue weighted by molar-refractivity contribution is -0.787. The molecule has 0 saturated carbocycles. The molecule has 11 heteroatoms. The molecule has 0 aromatic heterocycles. The molecule has 4 rings (SSSR count). The van der Waals surface area contributed by atoms with Crippen molar-refractivity contribution in [3.8, 4) is 11.5 Å². The van der Waals surface area contributed by atoms with Gasteiger partial charge < -0.3 is 23.8 Å². The zero-order valence-corrected chi connectivity index (χ0v) is 23.0. The number of methoxy groups -OCH3 is 2. The van der Waals surface area contributed by atoms with Crippen molar-refractivity contribution in [3.63, 3.8) is 0 Å². The monoisotopic (exact) mass is 562 g/mol. The third kappa shape index (κ3) is 5.19. The molecule has 1 N–H and O–H groups in total. The number of nitrogens with zero attached hydrogens (tertiary/aromatic N) is 4. The summed E-state index contributed by atoms with van der Waals surface area (Å²) in [4.78, 5) is 23.8. The fourth-order valence-corrected chi connectivity index (χ4v) is 4.84. The predicted octanol–water partition coefficient (Wildman–Crippen LogP) is 4.08. The Morgan fingerprint density at radius 3 is 2.78 bits per heavy atom. The average Bonchev–Trinajstić information content (AvgIpc) is 3.14. The second-order valence-corrected chi connectivity index (χ2v) is 10.5. The van der Waals surface area contributed by atoms with Crippen LogP contribution in [0.25, 0.3) is 0 Å². The van der Waals surface area contributed by atoms with E-state index in [1.165, 1.54) is 0 Å². The Morgan fingerprint density at radius 2 is 2.08 bits per heavy atom. The summed E-state index contributed by atoms with van der Waals surface area (Å²) in [5.41, 5.74) is 5.43. The molecule has 3 aliphatic rings. The zero-order chi connectivity index (χ0) is 26.1. The van der Waals surface area contributed by atoms with E-state index in [1.807, 2.05) is 52.1 Å². The molecule has 1 fully saturated rings. The van der Waals surface area contributed by atoms with E-state index >= 15 is 0 Å². The van der Waals surface area contributed by atoms with Crippen LogP contribution in [0.2, 0.25) is 0 Å². The quantitative estimate of drug-likeness (QED) is 0.414. The maximum Gasteiger partial charge on any atom is 0.410 e. The van der Waals surface area contributed by atoms with Crippen LogP contribution in [0, 0.1) is 0 Å². The molecule has 3 heterocycles. The van der Waals surface area contributed by atoms with Gasteiger partial charge in [-0.1, -0.05) is 6.07 Å². The summed E-state index contributed by atoms with van der Waals surface area (Å²) in [6.07, 6.45) is 4.59. The smallest absolute Gasteiger partial charge is 0.410 e. The maximum atomic E-state index is 12.9. The number of amidine groups is 1. The molecule has 3 atom stereocenters. The molecule has 1 amide bonds. The summed E-state index contributed by atoms with van der Waals surface area (Å²) in [6.45, 7) is 8.68. The van der Waals surface area contributed by atoms with Crippen LogP contribution in [0.4, 0.5) is 4.79 Å². The van der Waals surface area contributed by atoms with Gasteiger partial charge in [0, 0.05) is 27.6 Å². The van der Waals surface area contributed by atoms with Crippen molar-refractivity contribution >= 4 is 33.0 Å². The average molecular weight is 563 g/mol. The number of aliphatic imine (C=N–C) groups is 2. The molecule has 3 aliphatic heterocycles. The van der Waals surface area contributed by atoms with Crippen LogP contribution >= 0.6 is 15.9 Å². The molecular weight excluding hydrogens is 530 g/mol. The van der Waals surface area contributed by atoms with E-state index < -0.39 is 11.7 Å². The first-order chi connectivity index (χ1) is 17.1. The Hall–Kier alpha value is -2.73. The number of fused-ring (bicyclic) bond motifs is 1. The molecule has 3 unspecified atom stereocenters. The number of halogens is 1.